The molecule has 0 saturated heterocycles. The molecule has 5 nitrogen and oxygen atoms in total. The summed E-state index contributed by atoms with van der Waals surface area (Å²) in [4.78, 5) is 24.6. The third-order valence-electron chi connectivity index (χ3n) is 5.70. The summed E-state index contributed by atoms with van der Waals surface area (Å²) in [7, 11) is 0. The first-order chi connectivity index (χ1) is 15.7. The molecule has 0 fully saturated rings. The van der Waals surface area contributed by atoms with Crippen molar-refractivity contribution in [3.05, 3.63) is 90.5 Å². The van der Waals surface area contributed by atoms with Crippen molar-refractivity contribution >= 4 is 43.4 Å². The summed E-state index contributed by atoms with van der Waals surface area (Å²) < 4.78 is 3.15. The normalized spacial score (nSPS) is 11.3. The third-order valence-corrected chi connectivity index (χ3v) is 6.74. The predicted molar refractivity (Wildman–Crippen MR) is 131 cm³/mol. The summed E-state index contributed by atoms with van der Waals surface area (Å²) in [5.74, 6) is -0.0118. The van der Waals surface area contributed by atoms with Crippen LogP contribution in [0.3, 0.4) is 0 Å². The Morgan fingerprint density at radius 2 is 1.97 bits per heavy atom. The smallest absolute Gasteiger partial charge is 0.260 e. The summed E-state index contributed by atoms with van der Waals surface area (Å²) in [6.45, 7) is 3.53. The Balaban J connectivity index is 1.52. The van der Waals surface area contributed by atoms with Gasteiger partial charge in [0.25, 0.3) is 5.91 Å². The van der Waals surface area contributed by atoms with E-state index in [1.165, 1.54) is 5.56 Å². The Morgan fingerprint density at radius 1 is 1.09 bits per heavy atom. The van der Waals surface area contributed by atoms with Crippen LogP contribution in [0.1, 0.15) is 29.3 Å². The highest BCUT2D eigenvalue weighted by molar-refractivity contribution is 7.22. The van der Waals surface area contributed by atoms with Gasteiger partial charge in [0.1, 0.15) is 0 Å². The topological polar surface area (TPSA) is 51.0 Å². The van der Waals surface area contributed by atoms with Gasteiger partial charge in [-0.15, -0.1) is 0 Å². The second kappa shape index (κ2) is 8.93. The zero-order valence-electron chi connectivity index (χ0n) is 17.9. The molecule has 5 aromatic rings. The number of hydrogen-bond acceptors (Lipinski definition) is 4. The molecule has 3 aromatic carbocycles. The number of nitrogens with zero attached hydrogens (tertiary/aromatic N) is 4. The van der Waals surface area contributed by atoms with Gasteiger partial charge in [0.05, 0.1) is 16.5 Å². The van der Waals surface area contributed by atoms with Crippen LogP contribution >= 0.6 is 11.3 Å². The fourth-order valence-corrected chi connectivity index (χ4v) is 5.02. The molecule has 6 heteroatoms. The average Bonchev–Trinajstić information content (AvgIpc) is 3.50. The second-order valence-electron chi connectivity index (χ2n) is 7.79. The number of anilines is 1. The molecule has 0 unspecified atom stereocenters. The first-order valence-corrected chi connectivity index (χ1v) is 11.7. The van der Waals surface area contributed by atoms with Gasteiger partial charge >= 0.3 is 0 Å². The molecule has 0 aliphatic rings. The van der Waals surface area contributed by atoms with Crippen LogP contribution in [0.2, 0.25) is 0 Å². The highest BCUT2D eigenvalue weighted by Gasteiger charge is 2.22. The molecular formula is C26H24N4OS. The van der Waals surface area contributed by atoms with Crippen molar-refractivity contribution in [1.29, 1.82) is 0 Å². The lowest BCUT2D eigenvalue weighted by molar-refractivity contribution is 0.0988. The molecule has 0 saturated carbocycles. The van der Waals surface area contributed by atoms with Crippen molar-refractivity contribution in [2.24, 2.45) is 0 Å². The lowest BCUT2D eigenvalue weighted by Gasteiger charge is -2.21. The van der Waals surface area contributed by atoms with Crippen molar-refractivity contribution in [2.75, 3.05) is 11.4 Å². The number of imidazole rings is 1. The Hall–Kier alpha value is -3.51. The third kappa shape index (κ3) is 4.01. The standard InChI is InChI=1S/C26H24N4OS/c1-2-19-11-12-23-24(17-19)32-26(28-23)30(15-6-14-29-16-13-27-18-29)25(31)22-10-5-8-20-7-3-4-9-21(20)22/h3-5,7-13,16-18H,2,6,14-15H2,1H3. The Labute approximate surface area is 191 Å². The number of aromatic nitrogens is 3. The zero-order chi connectivity index (χ0) is 21.9. The van der Waals surface area contributed by atoms with E-state index in [4.69, 9.17) is 4.98 Å². The van der Waals surface area contributed by atoms with Gasteiger partial charge in [-0.3, -0.25) is 9.69 Å². The van der Waals surface area contributed by atoms with E-state index in [9.17, 15) is 4.79 Å². The Kier molecular flexibility index (Phi) is 5.69. The number of benzene rings is 3. The molecule has 0 aliphatic heterocycles. The minimum absolute atomic E-state index is 0.0118. The van der Waals surface area contributed by atoms with E-state index in [1.807, 2.05) is 58.1 Å². The second-order valence-corrected chi connectivity index (χ2v) is 8.80. The summed E-state index contributed by atoms with van der Waals surface area (Å²) in [5, 5.41) is 2.78. The molecule has 2 aromatic heterocycles. The van der Waals surface area contributed by atoms with E-state index < -0.39 is 0 Å². The van der Waals surface area contributed by atoms with Gasteiger partial charge in [0.15, 0.2) is 5.13 Å². The predicted octanol–water partition coefficient (Wildman–Crippen LogP) is 5.95. The van der Waals surface area contributed by atoms with Crippen LogP contribution in [-0.2, 0) is 13.0 Å². The zero-order valence-corrected chi connectivity index (χ0v) is 18.8. The highest BCUT2D eigenvalue weighted by atomic mass is 32.1. The lowest BCUT2D eigenvalue weighted by atomic mass is 10.0. The molecule has 0 spiro atoms. The number of fused-ring (bicyclic) bond motifs is 2. The maximum Gasteiger partial charge on any atom is 0.260 e. The van der Waals surface area contributed by atoms with E-state index in [2.05, 4.69) is 30.1 Å². The molecule has 0 radical (unpaired) electrons. The number of carbonyl (C=O) groups is 1. The molecular weight excluding hydrogens is 416 g/mol. The molecule has 32 heavy (non-hydrogen) atoms. The summed E-state index contributed by atoms with van der Waals surface area (Å²) in [6.07, 6.45) is 7.31. The first-order valence-electron chi connectivity index (χ1n) is 10.9. The average molecular weight is 441 g/mol. The van der Waals surface area contributed by atoms with Crippen molar-refractivity contribution in [3.8, 4) is 0 Å². The summed E-state index contributed by atoms with van der Waals surface area (Å²) in [5.41, 5.74) is 2.92. The molecule has 0 aliphatic carbocycles. The van der Waals surface area contributed by atoms with E-state index in [1.54, 1.807) is 23.9 Å². The number of hydrogen-bond donors (Lipinski definition) is 0. The van der Waals surface area contributed by atoms with E-state index >= 15 is 0 Å². The van der Waals surface area contributed by atoms with Crippen LogP contribution in [0.5, 0.6) is 0 Å². The van der Waals surface area contributed by atoms with Crippen molar-refractivity contribution < 1.29 is 4.79 Å². The van der Waals surface area contributed by atoms with E-state index in [-0.39, 0.29) is 5.91 Å². The first kappa shape index (κ1) is 20.4. The molecule has 1 amide bonds. The number of rotatable bonds is 7. The van der Waals surface area contributed by atoms with Crippen molar-refractivity contribution in [1.82, 2.24) is 14.5 Å². The summed E-state index contributed by atoms with van der Waals surface area (Å²) in [6, 6.07) is 20.3. The maximum absolute atomic E-state index is 13.8. The SMILES string of the molecule is CCc1ccc2nc(N(CCCn3ccnc3)C(=O)c3cccc4ccccc34)sc2c1. The Bertz CT molecular complexity index is 1370. The maximum atomic E-state index is 13.8. The lowest BCUT2D eigenvalue weighted by Crippen LogP contribution is -2.32. The van der Waals surface area contributed by atoms with Gasteiger partial charge in [-0.1, -0.05) is 60.7 Å². The number of carbonyl (C=O) groups excluding carboxylic acids is 1. The fraction of sp³-hybridized carbons (Fsp3) is 0.192. The van der Waals surface area contributed by atoms with Crippen LogP contribution in [0.4, 0.5) is 5.13 Å². The fourth-order valence-electron chi connectivity index (χ4n) is 3.96. The molecule has 0 bridgehead atoms. The highest BCUT2D eigenvalue weighted by Crippen LogP contribution is 2.32. The van der Waals surface area contributed by atoms with Crippen LogP contribution in [0.15, 0.2) is 79.4 Å². The molecule has 0 atom stereocenters. The number of thiazole rings is 1. The van der Waals surface area contributed by atoms with Gasteiger partial charge in [-0.05, 0) is 47.4 Å². The molecule has 160 valence electrons. The van der Waals surface area contributed by atoms with Crippen molar-refractivity contribution in [3.63, 3.8) is 0 Å². The van der Waals surface area contributed by atoms with Gasteiger partial charge in [-0.25, -0.2) is 9.97 Å². The van der Waals surface area contributed by atoms with Crippen molar-refractivity contribution in [2.45, 2.75) is 26.3 Å². The largest absolute Gasteiger partial charge is 0.337 e. The van der Waals surface area contributed by atoms with Crippen LogP contribution < -0.4 is 4.90 Å². The number of aryl methyl sites for hydroxylation is 2. The van der Waals surface area contributed by atoms with Crippen LogP contribution in [-0.4, -0.2) is 27.0 Å². The van der Waals surface area contributed by atoms with E-state index in [0.717, 1.165) is 45.5 Å². The molecule has 0 N–H and O–H groups in total. The van der Waals surface area contributed by atoms with Crippen LogP contribution in [0.25, 0.3) is 21.0 Å². The molecule has 5 rings (SSSR count). The Morgan fingerprint density at radius 3 is 2.81 bits per heavy atom. The minimum atomic E-state index is -0.0118. The van der Waals surface area contributed by atoms with Gasteiger partial charge in [0.2, 0.25) is 0 Å². The van der Waals surface area contributed by atoms with E-state index in [0.29, 0.717) is 12.1 Å². The molecule has 2 heterocycles. The quantitative estimate of drug-likeness (QED) is 0.314. The van der Waals surface area contributed by atoms with Gasteiger partial charge in [0, 0.05) is 31.0 Å². The monoisotopic (exact) mass is 440 g/mol. The minimum Gasteiger partial charge on any atom is -0.337 e. The van der Waals surface area contributed by atoms with Gasteiger partial charge < -0.3 is 4.57 Å². The van der Waals surface area contributed by atoms with Crippen LogP contribution in [0, 0.1) is 0 Å². The van der Waals surface area contributed by atoms with Gasteiger partial charge in [-0.2, -0.15) is 0 Å². The number of amides is 1. The summed E-state index contributed by atoms with van der Waals surface area (Å²) >= 11 is 1.59.